The smallest absolute Gasteiger partial charge is 0.261 e. The maximum Gasteiger partial charge on any atom is 0.261 e. The Morgan fingerprint density at radius 1 is 1.00 bits per heavy atom. The van der Waals surface area contributed by atoms with E-state index in [-0.39, 0.29) is 11.9 Å². The minimum Gasteiger partial charge on any atom is -0.497 e. The molecule has 2 rings (SSSR count). The minimum absolute atomic E-state index is 0.159. The number of carbonyl (C=O) groups is 1. The van der Waals surface area contributed by atoms with Gasteiger partial charge in [-0.15, -0.1) is 0 Å². The monoisotopic (exact) mass is 371 g/mol. The summed E-state index contributed by atoms with van der Waals surface area (Å²) in [6, 6.07) is 11.1. The second-order valence-corrected chi connectivity index (χ2v) is 6.60. The van der Waals surface area contributed by atoms with Crippen LogP contribution in [0.2, 0.25) is 0 Å². The topological polar surface area (TPSA) is 56.8 Å². The van der Waals surface area contributed by atoms with E-state index < -0.39 is 6.10 Å². The number of hydrogen-bond donors (Lipinski definition) is 1. The first kappa shape index (κ1) is 20.6. The normalized spacial score (nSPS) is 12.8. The summed E-state index contributed by atoms with van der Waals surface area (Å²) >= 11 is 0. The van der Waals surface area contributed by atoms with Crippen molar-refractivity contribution in [2.45, 2.75) is 46.3 Å². The van der Waals surface area contributed by atoms with E-state index in [9.17, 15) is 4.79 Å². The third-order valence-corrected chi connectivity index (χ3v) is 4.68. The van der Waals surface area contributed by atoms with Crippen LogP contribution in [0.5, 0.6) is 17.2 Å². The Labute approximate surface area is 161 Å². The quantitative estimate of drug-likeness (QED) is 0.749. The summed E-state index contributed by atoms with van der Waals surface area (Å²) < 4.78 is 16.6. The molecule has 0 spiro atoms. The fraction of sp³-hybridized carbons (Fsp3) is 0.409. The van der Waals surface area contributed by atoms with Crippen LogP contribution >= 0.6 is 0 Å². The van der Waals surface area contributed by atoms with Crippen LogP contribution in [0.4, 0.5) is 0 Å². The maximum absolute atomic E-state index is 12.8. The van der Waals surface area contributed by atoms with E-state index in [0.717, 1.165) is 11.1 Å². The van der Waals surface area contributed by atoms with Crippen LogP contribution in [-0.2, 0) is 4.79 Å². The van der Waals surface area contributed by atoms with Gasteiger partial charge in [0.25, 0.3) is 5.91 Å². The molecule has 0 radical (unpaired) electrons. The van der Waals surface area contributed by atoms with Gasteiger partial charge >= 0.3 is 0 Å². The second kappa shape index (κ2) is 9.31. The molecule has 0 fully saturated rings. The molecule has 27 heavy (non-hydrogen) atoms. The predicted molar refractivity (Wildman–Crippen MR) is 107 cm³/mol. The molecule has 1 N–H and O–H groups in total. The minimum atomic E-state index is -0.564. The third kappa shape index (κ3) is 5.16. The molecular formula is C22H29NO4. The number of benzene rings is 2. The summed E-state index contributed by atoms with van der Waals surface area (Å²) in [5.41, 5.74) is 3.18. The molecule has 0 aliphatic rings. The number of amides is 1. The lowest BCUT2D eigenvalue weighted by Crippen LogP contribution is -2.39. The Morgan fingerprint density at radius 2 is 1.70 bits per heavy atom. The molecule has 2 atom stereocenters. The highest BCUT2D eigenvalue weighted by molar-refractivity contribution is 5.81. The van der Waals surface area contributed by atoms with Gasteiger partial charge < -0.3 is 19.5 Å². The fourth-order valence-corrected chi connectivity index (χ4v) is 2.84. The Hall–Kier alpha value is -2.69. The van der Waals surface area contributed by atoms with Gasteiger partial charge in [-0.05, 0) is 68.7 Å². The third-order valence-electron chi connectivity index (χ3n) is 4.68. The van der Waals surface area contributed by atoms with Gasteiger partial charge in [-0.1, -0.05) is 13.0 Å². The average Bonchev–Trinajstić information content (AvgIpc) is 2.67. The number of hydrogen-bond acceptors (Lipinski definition) is 4. The molecule has 0 aromatic heterocycles. The van der Waals surface area contributed by atoms with Crippen molar-refractivity contribution in [2.75, 3.05) is 14.2 Å². The maximum atomic E-state index is 12.8. The lowest BCUT2D eigenvalue weighted by molar-refractivity contribution is -0.128. The van der Waals surface area contributed by atoms with E-state index in [1.807, 2.05) is 64.1 Å². The van der Waals surface area contributed by atoms with Gasteiger partial charge in [-0.3, -0.25) is 4.79 Å². The van der Waals surface area contributed by atoms with Crippen molar-refractivity contribution in [3.63, 3.8) is 0 Å². The van der Waals surface area contributed by atoms with Crippen LogP contribution in [0.3, 0.4) is 0 Å². The molecule has 2 aromatic rings. The molecule has 0 saturated carbocycles. The van der Waals surface area contributed by atoms with Crippen molar-refractivity contribution in [1.82, 2.24) is 5.32 Å². The van der Waals surface area contributed by atoms with Crippen LogP contribution in [0.15, 0.2) is 36.4 Å². The molecule has 2 unspecified atom stereocenters. The Bertz CT molecular complexity index is 788. The highest BCUT2D eigenvalue weighted by Crippen LogP contribution is 2.29. The molecule has 0 heterocycles. The van der Waals surface area contributed by atoms with Crippen molar-refractivity contribution in [3.05, 3.63) is 53.1 Å². The zero-order chi connectivity index (χ0) is 20.0. The van der Waals surface area contributed by atoms with Gasteiger partial charge in [0, 0.05) is 5.56 Å². The molecule has 1 amide bonds. The first-order valence-corrected chi connectivity index (χ1v) is 9.15. The summed E-state index contributed by atoms with van der Waals surface area (Å²) in [6.07, 6.45) is 0.00642. The lowest BCUT2D eigenvalue weighted by atomic mass is 10.1. The van der Waals surface area contributed by atoms with Crippen molar-refractivity contribution in [2.24, 2.45) is 0 Å². The summed E-state index contributed by atoms with van der Waals surface area (Å²) in [5, 5.41) is 3.02. The van der Waals surface area contributed by atoms with Crippen molar-refractivity contribution in [1.29, 1.82) is 0 Å². The highest BCUT2D eigenvalue weighted by atomic mass is 16.5. The number of carbonyl (C=O) groups excluding carboxylic acids is 1. The van der Waals surface area contributed by atoms with Crippen LogP contribution in [-0.4, -0.2) is 26.2 Å². The molecular weight excluding hydrogens is 342 g/mol. The molecule has 0 bridgehead atoms. The summed E-state index contributed by atoms with van der Waals surface area (Å²) in [4.78, 5) is 12.8. The molecule has 2 aromatic carbocycles. The van der Waals surface area contributed by atoms with E-state index in [1.54, 1.807) is 14.2 Å². The lowest BCUT2D eigenvalue weighted by Gasteiger charge is -2.22. The first-order valence-electron chi connectivity index (χ1n) is 9.15. The van der Waals surface area contributed by atoms with Gasteiger partial charge in [0.05, 0.1) is 20.3 Å². The Balaban J connectivity index is 2.12. The number of nitrogens with one attached hydrogen (secondary N) is 1. The first-order chi connectivity index (χ1) is 12.9. The van der Waals surface area contributed by atoms with Crippen molar-refractivity contribution < 1.29 is 19.0 Å². The van der Waals surface area contributed by atoms with Crippen molar-refractivity contribution in [3.8, 4) is 17.2 Å². The second-order valence-electron chi connectivity index (χ2n) is 6.60. The van der Waals surface area contributed by atoms with E-state index >= 15 is 0 Å². The van der Waals surface area contributed by atoms with Gasteiger partial charge in [0.1, 0.15) is 17.2 Å². The molecule has 5 heteroatoms. The van der Waals surface area contributed by atoms with Crippen molar-refractivity contribution >= 4 is 5.91 Å². The zero-order valence-electron chi connectivity index (χ0n) is 17.0. The van der Waals surface area contributed by atoms with E-state index in [1.165, 1.54) is 5.56 Å². The average molecular weight is 371 g/mol. The standard InChI is InChI=1S/C22H29NO4/c1-7-20(27-18-9-8-14(2)15(3)12-18)22(24)23-16(4)19-13-17(25-5)10-11-21(19)26-6/h8-13,16,20H,7H2,1-6H3,(H,23,24). The van der Waals surface area contributed by atoms with E-state index in [2.05, 4.69) is 5.32 Å². The highest BCUT2D eigenvalue weighted by Gasteiger charge is 2.22. The summed E-state index contributed by atoms with van der Waals surface area (Å²) in [6.45, 7) is 7.92. The SMILES string of the molecule is CCC(Oc1ccc(C)c(C)c1)C(=O)NC(C)c1cc(OC)ccc1OC. The van der Waals surface area contributed by atoms with Gasteiger partial charge in [0.2, 0.25) is 0 Å². The van der Waals surface area contributed by atoms with E-state index in [0.29, 0.717) is 23.7 Å². The molecule has 5 nitrogen and oxygen atoms in total. The fourth-order valence-electron chi connectivity index (χ4n) is 2.84. The van der Waals surface area contributed by atoms with Gasteiger partial charge in [-0.25, -0.2) is 0 Å². The van der Waals surface area contributed by atoms with Crippen LogP contribution in [0.1, 0.15) is 43.0 Å². The molecule has 146 valence electrons. The molecule has 0 aliphatic heterocycles. The number of rotatable bonds is 8. The largest absolute Gasteiger partial charge is 0.497 e. The number of aryl methyl sites for hydroxylation is 2. The predicted octanol–water partition coefficient (Wildman–Crippen LogP) is 4.36. The van der Waals surface area contributed by atoms with E-state index in [4.69, 9.17) is 14.2 Å². The summed E-state index contributed by atoms with van der Waals surface area (Å²) in [7, 11) is 3.22. The van der Waals surface area contributed by atoms with Crippen LogP contribution in [0.25, 0.3) is 0 Å². The van der Waals surface area contributed by atoms with Crippen LogP contribution in [0, 0.1) is 13.8 Å². The molecule has 0 aliphatic carbocycles. The van der Waals surface area contributed by atoms with Gasteiger partial charge in [0.15, 0.2) is 6.10 Å². The van der Waals surface area contributed by atoms with Gasteiger partial charge in [-0.2, -0.15) is 0 Å². The van der Waals surface area contributed by atoms with Crippen LogP contribution < -0.4 is 19.5 Å². The molecule has 0 saturated heterocycles. The Morgan fingerprint density at radius 3 is 2.30 bits per heavy atom. The number of ether oxygens (including phenoxy) is 3. The Kier molecular flexibility index (Phi) is 7.11. The zero-order valence-corrected chi connectivity index (χ0v) is 17.0. The number of methoxy groups -OCH3 is 2. The summed E-state index contributed by atoms with van der Waals surface area (Å²) in [5.74, 6) is 1.96.